The summed E-state index contributed by atoms with van der Waals surface area (Å²) >= 11 is -0.105. The highest BCUT2D eigenvalue weighted by Crippen LogP contribution is 2.35. The van der Waals surface area contributed by atoms with Gasteiger partial charge < -0.3 is 9.29 Å². The summed E-state index contributed by atoms with van der Waals surface area (Å²) in [5.41, 5.74) is 0.648. The summed E-state index contributed by atoms with van der Waals surface area (Å²) in [7, 11) is 0. The van der Waals surface area contributed by atoms with Crippen molar-refractivity contribution in [3.63, 3.8) is 0 Å². The summed E-state index contributed by atoms with van der Waals surface area (Å²) in [6.07, 6.45) is -4.35. The van der Waals surface area contributed by atoms with Crippen LogP contribution in [0.1, 0.15) is 44.2 Å². The van der Waals surface area contributed by atoms with Crippen LogP contribution in [-0.4, -0.2) is 22.1 Å². The predicted molar refractivity (Wildman–Crippen MR) is 80.1 cm³/mol. The molecule has 0 saturated carbocycles. The largest absolute Gasteiger partial charge is 0.598 e. The predicted octanol–water partition coefficient (Wildman–Crippen LogP) is 4.11. The van der Waals surface area contributed by atoms with E-state index in [2.05, 4.69) is 4.72 Å². The van der Waals surface area contributed by atoms with E-state index in [1.165, 1.54) is 0 Å². The normalized spacial score (nSPS) is 15.9. The Bertz CT molecular complexity index is 469. The number of ether oxygens (including phenoxy) is 1. The average Bonchev–Trinajstić information content (AvgIpc) is 2.66. The Morgan fingerprint density at radius 3 is 2.43 bits per heavy atom. The smallest absolute Gasteiger partial charge is 0.422 e. The molecule has 1 heterocycles. The molecule has 0 aromatic carbocycles. The van der Waals surface area contributed by atoms with Crippen LogP contribution in [0.2, 0.25) is 0 Å². The Balaban J connectivity index is 2.72. The van der Waals surface area contributed by atoms with Crippen molar-refractivity contribution in [3.8, 4) is 5.06 Å². The van der Waals surface area contributed by atoms with Gasteiger partial charge in [-0.1, -0.05) is 0 Å². The van der Waals surface area contributed by atoms with Gasteiger partial charge in [-0.15, -0.1) is 16.1 Å². The first-order valence-electron chi connectivity index (χ1n) is 6.38. The highest BCUT2D eigenvalue weighted by molar-refractivity contribution is 7.90. The molecule has 21 heavy (non-hydrogen) atoms. The molecule has 1 unspecified atom stereocenters. The van der Waals surface area contributed by atoms with Crippen molar-refractivity contribution in [2.45, 2.75) is 51.6 Å². The minimum atomic E-state index is -4.35. The molecule has 0 radical (unpaired) electrons. The first-order valence-corrected chi connectivity index (χ1v) is 8.34. The topological polar surface area (TPSA) is 44.3 Å². The first-order chi connectivity index (χ1) is 9.40. The lowest BCUT2D eigenvalue weighted by atomic mass is 10.2. The molecule has 0 saturated heterocycles. The summed E-state index contributed by atoms with van der Waals surface area (Å²) < 4.78 is 55.9. The third kappa shape index (κ3) is 6.06. The minimum Gasteiger partial charge on any atom is -0.598 e. The average molecular weight is 343 g/mol. The second kappa shape index (κ2) is 6.76. The Morgan fingerprint density at radius 2 is 1.95 bits per heavy atom. The Morgan fingerprint density at radius 1 is 1.38 bits per heavy atom. The molecule has 0 aliphatic heterocycles. The molecule has 0 spiro atoms. The molecule has 122 valence electrons. The molecule has 1 rings (SSSR count). The van der Waals surface area contributed by atoms with Gasteiger partial charge in [0, 0.05) is 21.8 Å². The molecule has 2 atom stereocenters. The number of rotatable bonds is 5. The van der Waals surface area contributed by atoms with Crippen LogP contribution in [0.3, 0.4) is 0 Å². The number of nitrogens with one attached hydrogen (secondary N) is 1. The highest BCUT2D eigenvalue weighted by atomic mass is 32.2. The maximum atomic E-state index is 12.2. The summed E-state index contributed by atoms with van der Waals surface area (Å²) in [6, 6.07) is 1.53. The maximum Gasteiger partial charge on any atom is 0.422 e. The van der Waals surface area contributed by atoms with Crippen molar-refractivity contribution in [1.29, 1.82) is 0 Å². The van der Waals surface area contributed by atoms with Crippen LogP contribution in [0.4, 0.5) is 13.2 Å². The Hall–Kier alpha value is -0.440. The van der Waals surface area contributed by atoms with Gasteiger partial charge in [-0.25, -0.2) is 0 Å². The number of hydrogen-bond acceptors (Lipinski definition) is 4. The SMILES string of the molecule is Cc1cc(C(C)N[S@@+]([O-])C(C)(C)C)sc1OCC(F)(F)F. The van der Waals surface area contributed by atoms with E-state index in [0.717, 1.165) is 16.2 Å². The van der Waals surface area contributed by atoms with E-state index in [-0.39, 0.29) is 11.1 Å². The molecule has 0 aliphatic carbocycles. The van der Waals surface area contributed by atoms with Crippen LogP contribution in [-0.2, 0) is 11.4 Å². The van der Waals surface area contributed by atoms with E-state index in [0.29, 0.717) is 5.56 Å². The number of thiophene rings is 1. The highest BCUT2D eigenvalue weighted by Gasteiger charge is 2.31. The zero-order valence-corrected chi connectivity index (χ0v) is 14.3. The monoisotopic (exact) mass is 343 g/mol. The third-order valence-electron chi connectivity index (χ3n) is 2.52. The molecule has 1 aromatic rings. The molecule has 3 nitrogen and oxygen atoms in total. The van der Waals surface area contributed by atoms with Gasteiger partial charge in [-0.05, 0) is 40.7 Å². The van der Waals surface area contributed by atoms with Crippen LogP contribution >= 0.6 is 11.3 Å². The fraction of sp³-hybridized carbons (Fsp3) is 0.692. The zero-order chi connectivity index (χ0) is 16.4. The van der Waals surface area contributed by atoms with Crippen LogP contribution in [0.15, 0.2) is 6.07 Å². The van der Waals surface area contributed by atoms with E-state index < -0.39 is 28.9 Å². The van der Waals surface area contributed by atoms with Crippen LogP contribution < -0.4 is 9.46 Å². The molecule has 8 heteroatoms. The summed E-state index contributed by atoms with van der Waals surface area (Å²) in [5.74, 6) is 0. The van der Waals surface area contributed by atoms with Gasteiger partial charge in [0.2, 0.25) is 0 Å². The maximum absolute atomic E-state index is 12.2. The minimum absolute atomic E-state index is 0.225. The molecule has 0 fully saturated rings. The summed E-state index contributed by atoms with van der Waals surface area (Å²) in [6.45, 7) is 7.76. The lowest BCUT2D eigenvalue weighted by Gasteiger charge is -2.26. The molecule has 0 amide bonds. The summed E-state index contributed by atoms with van der Waals surface area (Å²) in [5, 5.41) is 0.248. The second-order valence-corrected chi connectivity index (χ2v) is 8.79. The Kier molecular flexibility index (Phi) is 5.99. The van der Waals surface area contributed by atoms with Crippen molar-refractivity contribution in [2.75, 3.05) is 6.61 Å². The summed E-state index contributed by atoms with van der Waals surface area (Å²) in [4.78, 5) is 0.794. The van der Waals surface area contributed by atoms with E-state index in [1.807, 2.05) is 27.7 Å². The third-order valence-corrected chi connectivity index (χ3v) is 5.54. The number of halogens is 3. The molecular weight excluding hydrogens is 323 g/mol. The van der Waals surface area contributed by atoms with Crippen molar-refractivity contribution < 1.29 is 22.5 Å². The van der Waals surface area contributed by atoms with Gasteiger partial charge in [0.1, 0.15) is 4.75 Å². The van der Waals surface area contributed by atoms with E-state index >= 15 is 0 Å². The zero-order valence-electron chi connectivity index (χ0n) is 12.6. The van der Waals surface area contributed by atoms with Crippen LogP contribution in [0.5, 0.6) is 5.06 Å². The van der Waals surface area contributed by atoms with E-state index in [4.69, 9.17) is 4.74 Å². The molecule has 1 aromatic heterocycles. The lowest BCUT2D eigenvalue weighted by Crippen LogP contribution is -2.40. The fourth-order valence-electron chi connectivity index (χ4n) is 1.39. The number of alkyl halides is 3. The molecule has 1 N–H and O–H groups in total. The molecule has 0 aliphatic rings. The van der Waals surface area contributed by atoms with Crippen molar-refractivity contribution in [2.24, 2.45) is 0 Å². The van der Waals surface area contributed by atoms with Gasteiger partial charge >= 0.3 is 6.18 Å². The van der Waals surface area contributed by atoms with Gasteiger partial charge in [0.15, 0.2) is 11.7 Å². The fourth-order valence-corrected chi connectivity index (χ4v) is 3.29. The van der Waals surface area contributed by atoms with Crippen LogP contribution in [0.25, 0.3) is 0 Å². The van der Waals surface area contributed by atoms with Crippen molar-refractivity contribution >= 4 is 22.7 Å². The van der Waals surface area contributed by atoms with Gasteiger partial charge in [0.05, 0.1) is 6.04 Å². The quantitative estimate of drug-likeness (QED) is 0.818. The Labute approximate surface area is 130 Å². The number of hydrogen-bond donors (Lipinski definition) is 1. The first kappa shape index (κ1) is 18.6. The lowest BCUT2D eigenvalue weighted by molar-refractivity contribution is -0.153. The van der Waals surface area contributed by atoms with E-state index in [9.17, 15) is 17.7 Å². The van der Waals surface area contributed by atoms with Gasteiger partial charge in [-0.2, -0.15) is 13.2 Å². The second-order valence-electron chi connectivity index (χ2n) is 5.74. The standard InChI is InChI=1S/C13H20F3NO2S2/c1-8-6-10(9(2)17-21(18)12(3,4)5)20-11(8)19-7-13(14,15)16/h6,9,17H,7H2,1-5H3/t9?,21-/m0/s1. The van der Waals surface area contributed by atoms with Gasteiger partial charge in [-0.3, -0.25) is 0 Å². The van der Waals surface area contributed by atoms with Crippen LogP contribution in [0, 0.1) is 6.92 Å². The van der Waals surface area contributed by atoms with Gasteiger partial charge in [0.25, 0.3) is 0 Å². The molecular formula is C13H20F3NO2S2. The van der Waals surface area contributed by atoms with Crippen molar-refractivity contribution in [3.05, 3.63) is 16.5 Å². The number of aryl methyl sites for hydroxylation is 1. The molecule has 0 bridgehead atoms. The van der Waals surface area contributed by atoms with E-state index in [1.54, 1.807) is 13.0 Å². The van der Waals surface area contributed by atoms with Crippen molar-refractivity contribution in [1.82, 2.24) is 4.72 Å².